The van der Waals surface area contributed by atoms with E-state index >= 15 is 0 Å². The summed E-state index contributed by atoms with van der Waals surface area (Å²) in [5, 5.41) is 0. The average molecular weight is 290 g/mol. The fourth-order valence-corrected chi connectivity index (χ4v) is 3.31. The van der Waals surface area contributed by atoms with Gasteiger partial charge in [-0.25, -0.2) is 8.42 Å². The van der Waals surface area contributed by atoms with Gasteiger partial charge in [0.2, 0.25) is 9.84 Å². The first-order chi connectivity index (χ1) is 9.49. The first-order valence-corrected chi connectivity index (χ1v) is 8.06. The van der Waals surface area contributed by atoms with Crippen molar-refractivity contribution in [1.29, 1.82) is 0 Å². The highest BCUT2D eigenvalue weighted by Gasteiger charge is 2.16. The molecule has 2 rings (SSSR count). The zero-order valence-electron chi connectivity index (χ0n) is 11.7. The summed E-state index contributed by atoms with van der Waals surface area (Å²) in [5.41, 5.74) is 2.85. The van der Waals surface area contributed by atoms with Crippen LogP contribution in [0.5, 0.6) is 0 Å². The quantitative estimate of drug-likeness (QED) is 0.849. The average Bonchev–Trinajstić information content (AvgIpc) is 2.39. The smallest absolute Gasteiger partial charge is 0.202 e. The Morgan fingerprint density at radius 2 is 1.75 bits per heavy atom. The maximum absolute atomic E-state index is 12.2. The Morgan fingerprint density at radius 3 is 2.45 bits per heavy atom. The maximum atomic E-state index is 12.2. The highest BCUT2D eigenvalue weighted by molar-refractivity contribution is 7.91. The molecule has 0 atom stereocenters. The van der Waals surface area contributed by atoms with Crippen LogP contribution in [-0.4, -0.2) is 14.4 Å². The predicted molar refractivity (Wildman–Crippen MR) is 79.2 cm³/mol. The van der Waals surface area contributed by atoms with Crippen LogP contribution >= 0.6 is 0 Å². The van der Waals surface area contributed by atoms with Crippen LogP contribution in [0.4, 0.5) is 0 Å². The van der Waals surface area contributed by atoms with Gasteiger partial charge in [0.1, 0.15) is 0 Å². The SMILES string of the molecule is Cc1cccc(COCS(=O)(=O)c2ccccc2C)c1. The van der Waals surface area contributed by atoms with Gasteiger partial charge in [-0.1, -0.05) is 48.0 Å². The summed E-state index contributed by atoms with van der Waals surface area (Å²) in [5.74, 6) is -0.300. The van der Waals surface area contributed by atoms with Gasteiger partial charge in [0.15, 0.2) is 5.94 Å². The molecule has 0 N–H and O–H groups in total. The predicted octanol–water partition coefficient (Wildman–Crippen LogP) is 3.25. The standard InChI is InChI=1S/C16H18O3S/c1-13-6-5-8-15(10-13)11-19-12-20(17,18)16-9-4-3-7-14(16)2/h3-10H,11-12H2,1-2H3. The molecule has 0 fully saturated rings. The number of ether oxygens (including phenoxy) is 1. The minimum Gasteiger partial charge on any atom is -0.360 e. The molecule has 0 radical (unpaired) electrons. The van der Waals surface area contributed by atoms with E-state index in [2.05, 4.69) is 0 Å². The van der Waals surface area contributed by atoms with Crippen LogP contribution < -0.4 is 0 Å². The van der Waals surface area contributed by atoms with E-state index < -0.39 is 9.84 Å². The zero-order chi connectivity index (χ0) is 14.6. The summed E-state index contributed by atoms with van der Waals surface area (Å²) < 4.78 is 29.7. The molecule has 0 aromatic heterocycles. The van der Waals surface area contributed by atoms with E-state index in [1.807, 2.05) is 37.3 Å². The Morgan fingerprint density at radius 1 is 1.00 bits per heavy atom. The van der Waals surface area contributed by atoms with Gasteiger partial charge in [0.05, 0.1) is 11.5 Å². The van der Waals surface area contributed by atoms with E-state index in [-0.39, 0.29) is 5.94 Å². The molecule has 0 unspecified atom stereocenters. The molecule has 3 nitrogen and oxygen atoms in total. The number of hydrogen-bond donors (Lipinski definition) is 0. The van der Waals surface area contributed by atoms with Gasteiger partial charge in [0.25, 0.3) is 0 Å². The van der Waals surface area contributed by atoms with Crippen molar-refractivity contribution in [2.75, 3.05) is 5.94 Å². The molecule has 0 spiro atoms. The van der Waals surface area contributed by atoms with Crippen molar-refractivity contribution in [3.8, 4) is 0 Å². The molecule has 4 heteroatoms. The zero-order valence-corrected chi connectivity index (χ0v) is 12.5. The Bertz CT molecular complexity index is 690. The number of benzene rings is 2. The van der Waals surface area contributed by atoms with Crippen molar-refractivity contribution in [3.63, 3.8) is 0 Å². The Hall–Kier alpha value is -1.65. The van der Waals surface area contributed by atoms with Crippen LogP contribution in [0.15, 0.2) is 53.4 Å². The van der Waals surface area contributed by atoms with Crippen molar-refractivity contribution in [2.45, 2.75) is 25.3 Å². The van der Waals surface area contributed by atoms with E-state index in [0.717, 1.165) is 16.7 Å². The Balaban J connectivity index is 2.02. The van der Waals surface area contributed by atoms with E-state index in [9.17, 15) is 8.42 Å². The molecular formula is C16H18O3S. The fraction of sp³-hybridized carbons (Fsp3) is 0.250. The highest BCUT2D eigenvalue weighted by Crippen LogP contribution is 2.16. The first kappa shape index (κ1) is 14.8. The van der Waals surface area contributed by atoms with Crippen LogP contribution in [0.3, 0.4) is 0 Å². The molecule has 20 heavy (non-hydrogen) atoms. The second-order valence-electron chi connectivity index (χ2n) is 4.84. The molecule has 106 valence electrons. The normalized spacial score (nSPS) is 11.5. The van der Waals surface area contributed by atoms with Crippen LogP contribution in [0.2, 0.25) is 0 Å². The molecule has 0 saturated heterocycles. The minimum atomic E-state index is -3.39. The summed E-state index contributed by atoms with van der Waals surface area (Å²) in [6.07, 6.45) is 0. The van der Waals surface area contributed by atoms with Crippen LogP contribution in [-0.2, 0) is 21.2 Å². The lowest BCUT2D eigenvalue weighted by molar-refractivity contribution is 0.163. The monoisotopic (exact) mass is 290 g/mol. The molecule has 0 aliphatic rings. The first-order valence-electron chi connectivity index (χ1n) is 6.41. The van der Waals surface area contributed by atoms with Gasteiger partial charge < -0.3 is 4.74 Å². The van der Waals surface area contributed by atoms with Gasteiger partial charge in [-0.3, -0.25) is 0 Å². The van der Waals surface area contributed by atoms with Crippen LogP contribution in [0.1, 0.15) is 16.7 Å². The number of hydrogen-bond acceptors (Lipinski definition) is 3. The van der Waals surface area contributed by atoms with E-state index in [1.54, 1.807) is 25.1 Å². The third kappa shape index (κ3) is 3.68. The summed E-state index contributed by atoms with van der Waals surface area (Å²) in [7, 11) is -3.39. The molecule has 0 bridgehead atoms. The molecule has 0 amide bonds. The lowest BCUT2D eigenvalue weighted by Gasteiger charge is -2.08. The largest absolute Gasteiger partial charge is 0.360 e. The molecule has 0 aliphatic heterocycles. The molecule has 2 aromatic rings. The lowest BCUT2D eigenvalue weighted by atomic mass is 10.1. The summed E-state index contributed by atoms with van der Waals surface area (Å²) in [4.78, 5) is 0.337. The third-order valence-electron chi connectivity index (χ3n) is 3.02. The molecule has 0 heterocycles. The molecular weight excluding hydrogens is 272 g/mol. The van der Waals surface area contributed by atoms with Gasteiger partial charge in [-0.05, 0) is 31.0 Å². The van der Waals surface area contributed by atoms with Crippen molar-refractivity contribution < 1.29 is 13.2 Å². The van der Waals surface area contributed by atoms with E-state index in [1.165, 1.54) is 0 Å². The van der Waals surface area contributed by atoms with Crippen molar-refractivity contribution in [1.82, 2.24) is 0 Å². The number of sulfone groups is 1. The molecule has 0 saturated carbocycles. The second kappa shape index (κ2) is 6.20. The third-order valence-corrected chi connectivity index (χ3v) is 4.62. The summed E-state index contributed by atoms with van der Waals surface area (Å²) in [6, 6.07) is 14.8. The van der Waals surface area contributed by atoms with E-state index in [0.29, 0.717) is 11.5 Å². The maximum Gasteiger partial charge on any atom is 0.202 e. The van der Waals surface area contributed by atoms with E-state index in [4.69, 9.17) is 4.74 Å². The Labute approximate surface area is 120 Å². The number of rotatable bonds is 5. The van der Waals surface area contributed by atoms with Crippen molar-refractivity contribution >= 4 is 9.84 Å². The summed E-state index contributed by atoms with van der Waals surface area (Å²) >= 11 is 0. The van der Waals surface area contributed by atoms with Gasteiger partial charge in [-0.2, -0.15) is 0 Å². The second-order valence-corrected chi connectivity index (χ2v) is 6.74. The van der Waals surface area contributed by atoms with Gasteiger partial charge in [-0.15, -0.1) is 0 Å². The van der Waals surface area contributed by atoms with Crippen LogP contribution in [0.25, 0.3) is 0 Å². The lowest BCUT2D eigenvalue weighted by Crippen LogP contribution is -2.11. The fourth-order valence-electron chi connectivity index (χ4n) is 2.04. The minimum absolute atomic E-state index is 0.298. The summed E-state index contributed by atoms with van der Waals surface area (Å²) in [6.45, 7) is 4.08. The molecule has 2 aromatic carbocycles. The van der Waals surface area contributed by atoms with Crippen molar-refractivity contribution in [2.24, 2.45) is 0 Å². The highest BCUT2D eigenvalue weighted by atomic mass is 32.2. The Kier molecular flexibility index (Phi) is 4.57. The van der Waals surface area contributed by atoms with Gasteiger partial charge >= 0.3 is 0 Å². The van der Waals surface area contributed by atoms with Crippen LogP contribution in [0, 0.1) is 13.8 Å². The topological polar surface area (TPSA) is 43.4 Å². The van der Waals surface area contributed by atoms with Gasteiger partial charge in [0, 0.05) is 0 Å². The number of aryl methyl sites for hydroxylation is 2. The molecule has 0 aliphatic carbocycles. The van der Waals surface area contributed by atoms with Crippen molar-refractivity contribution in [3.05, 3.63) is 65.2 Å².